The predicted molar refractivity (Wildman–Crippen MR) is 109 cm³/mol. The minimum atomic E-state index is -4.46. The predicted octanol–water partition coefficient (Wildman–Crippen LogP) is 4.07. The largest absolute Gasteiger partial charge is 0.416 e. The number of nitrogens with zero attached hydrogens (tertiary/aromatic N) is 5. The van der Waals surface area contributed by atoms with Gasteiger partial charge >= 0.3 is 6.18 Å². The summed E-state index contributed by atoms with van der Waals surface area (Å²) >= 11 is 1.20. The number of fused-ring (bicyclic) bond motifs is 1. The SMILES string of the molecule is CC(NC(=O)c1cc2c(cn1)ncn2C)c1cnc(Nc2cc(C(F)(F)F)ccn2)s1. The van der Waals surface area contributed by atoms with Crippen LogP contribution in [-0.4, -0.2) is 30.4 Å². The molecule has 0 aliphatic rings. The second kappa shape index (κ2) is 7.95. The Balaban J connectivity index is 1.44. The number of hydrogen-bond donors (Lipinski definition) is 2. The van der Waals surface area contributed by atoms with E-state index in [2.05, 4.69) is 30.6 Å². The Kier molecular flexibility index (Phi) is 5.31. The normalized spacial score (nSPS) is 12.7. The van der Waals surface area contributed by atoms with Gasteiger partial charge in [0.05, 0.1) is 29.6 Å². The van der Waals surface area contributed by atoms with Gasteiger partial charge in [-0.3, -0.25) is 4.79 Å². The van der Waals surface area contributed by atoms with Gasteiger partial charge in [-0.15, -0.1) is 0 Å². The molecule has 0 fully saturated rings. The van der Waals surface area contributed by atoms with E-state index in [4.69, 9.17) is 0 Å². The molecule has 0 saturated carbocycles. The van der Waals surface area contributed by atoms with E-state index in [-0.39, 0.29) is 23.5 Å². The Morgan fingerprint density at radius 1 is 1.16 bits per heavy atom. The smallest absolute Gasteiger partial charge is 0.343 e. The van der Waals surface area contributed by atoms with Crippen LogP contribution in [0.4, 0.5) is 24.1 Å². The second-order valence-corrected chi connectivity index (χ2v) is 7.79. The van der Waals surface area contributed by atoms with Crippen LogP contribution < -0.4 is 10.6 Å². The van der Waals surface area contributed by atoms with Crippen molar-refractivity contribution in [3.05, 3.63) is 59.3 Å². The van der Waals surface area contributed by atoms with E-state index in [9.17, 15) is 18.0 Å². The number of amides is 1. The maximum atomic E-state index is 12.8. The molecule has 31 heavy (non-hydrogen) atoms. The molecule has 1 unspecified atom stereocenters. The zero-order valence-corrected chi connectivity index (χ0v) is 17.1. The highest BCUT2D eigenvalue weighted by atomic mass is 32.1. The van der Waals surface area contributed by atoms with Gasteiger partial charge in [0.15, 0.2) is 5.13 Å². The molecule has 0 bridgehead atoms. The maximum absolute atomic E-state index is 12.8. The first-order valence-electron chi connectivity index (χ1n) is 9.04. The molecule has 0 aromatic carbocycles. The molecule has 4 rings (SSSR count). The highest BCUT2D eigenvalue weighted by Gasteiger charge is 2.30. The molecule has 4 aromatic heterocycles. The molecule has 0 aliphatic carbocycles. The van der Waals surface area contributed by atoms with Crippen molar-refractivity contribution in [1.82, 2.24) is 29.8 Å². The van der Waals surface area contributed by atoms with Crippen molar-refractivity contribution in [3.63, 3.8) is 0 Å². The molecule has 8 nitrogen and oxygen atoms in total. The fourth-order valence-electron chi connectivity index (χ4n) is 2.83. The molecule has 4 heterocycles. The molecule has 0 saturated heterocycles. The average molecular weight is 447 g/mol. The molecule has 160 valence electrons. The summed E-state index contributed by atoms with van der Waals surface area (Å²) in [6.45, 7) is 1.78. The zero-order chi connectivity index (χ0) is 22.2. The minimum Gasteiger partial charge on any atom is -0.343 e. The zero-order valence-electron chi connectivity index (χ0n) is 16.3. The molecule has 0 aliphatic heterocycles. The minimum absolute atomic E-state index is 0.0288. The lowest BCUT2D eigenvalue weighted by atomic mass is 10.2. The van der Waals surface area contributed by atoms with Crippen LogP contribution in [0.25, 0.3) is 11.0 Å². The number of carbonyl (C=O) groups excluding carboxylic acids is 1. The fraction of sp³-hybridized carbons (Fsp3) is 0.211. The van der Waals surface area contributed by atoms with Crippen molar-refractivity contribution in [1.29, 1.82) is 0 Å². The third-order valence-electron chi connectivity index (χ3n) is 4.46. The van der Waals surface area contributed by atoms with Crippen molar-refractivity contribution in [2.75, 3.05) is 5.32 Å². The number of hydrogen-bond acceptors (Lipinski definition) is 7. The average Bonchev–Trinajstić information content (AvgIpc) is 3.34. The van der Waals surface area contributed by atoms with Crippen LogP contribution in [0.5, 0.6) is 0 Å². The Morgan fingerprint density at radius 3 is 2.74 bits per heavy atom. The number of carbonyl (C=O) groups is 1. The van der Waals surface area contributed by atoms with E-state index in [0.717, 1.165) is 23.8 Å². The van der Waals surface area contributed by atoms with Gasteiger partial charge in [-0.05, 0) is 25.1 Å². The van der Waals surface area contributed by atoms with E-state index < -0.39 is 11.7 Å². The van der Waals surface area contributed by atoms with E-state index in [1.807, 2.05) is 7.05 Å². The standard InChI is InChI=1S/C19H16F3N7OS/c1-10(27-17(30)12-6-14-13(7-24-12)26-9-29(14)2)15-8-25-18(31-15)28-16-5-11(3-4-23-16)19(20,21)22/h3-10H,1-2H3,(H,27,30)(H,23,25,28). The van der Waals surface area contributed by atoms with Crippen LogP contribution in [-0.2, 0) is 13.2 Å². The summed E-state index contributed by atoms with van der Waals surface area (Å²) in [6.07, 6.45) is 1.34. The number of nitrogens with one attached hydrogen (secondary N) is 2. The summed E-state index contributed by atoms with van der Waals surface area (Å²) in [4.78, 5) is 29.7. The van der Waals surface area contributed by atoms with Crippen LogP contribution >= 0.6 is 11.3 Å². The Morgan fingerprint density at radius 2 is 1.97 bits per heavy atom. The number of imidazole rings is 1. The summed E-state index contributed by atoms with van der Waals surface area (Å²) in [7, 11) is 1.82. The van der Waals surface area contributed by atoms with Crippen LogP contribution in [0.2, 0.25) is 0 Å². The van der Waals surface area contributed by atoms with Gasteiger partial charge in [-0.1, -0.05) is 11.3 Å². The molecule has 4 aromatic rings. The number of pyridine rings is 2. The summed E-state index contributed by atoms with van der Waals surface area (Å²) in [6, 6.07) is 3.07. The molecule has 2 N–H and O–H groups in total. The third kappa shape index (κ3) is 4.48. The molecule has 0 spiro atoms. The summed E-state index contributed by atoms with van der Waals surface area (Å²) < 4.78 is 40.3. The lowest BCUT2D eigenvalue weighted by Gasteiger charge is -2.11. The molecule has 0 radical (unpaired) electrons. The topological polar surface area (TPSA) is 97.6 Å². The lowest BCUT2D eigenvalue weighted by Crippen LogP contribution is -2.26. The van der Waals surface area contributed by atoms with E-state index in [0.29, 0.717) is 15.5 Å². The number of alkyl halides is 3. The number of halogens is 3. The van der Waals surface area contributed by atoms with Gasteiger partial charge in [0.25, 0.3) is 5.91 Å². The van der Waals surface area contributed by atoms with Crippen LogP contribution in [0.1, 0.15) is 33.9 Å². The third-order valence-corrected chi connectivity index (χ3v) is 5.56. The van der Waals surface area contributed by atoms with Crippen molar-refractivity contribution in [2.45, 2.75) is 19.1 Å². The Hall–Kier alpha value is -3.54. The molecule has 1 amide bonds. The van der Waals surface area contributed by atoms with Crippen molar-refractivity contribution >= 4 is 39.2 Å². The summed E-state index contributed by atoms with van der Waals surface area (Å²) in [5, 5.41) is 5.96. The van der Waals surface area contributed by atoms with Crippen molar-refractivity contribution in [2.24, 2.45) is 7.05 Å². The van der Waals surface area contributed by atoms with Gasteiger partial charge in [-0.25, -0.2) is 19.9 Å². The molecular formula is C19H16F3N7OS. The first-order chi connectivity index (χ1) is 14.7. The van der Waals surface area contributed by atoms with Gasteiger partial charge in [0.1, 0.15) is 17.0 Å². The summed E-state index contributed by atoms with van der Waals surface area (Å²) in [5.74, 6) is -0.334. The number of anilines is 2. The van der Waals surface area contributed by atoms with Crippen molar-refractivity contribution in [3.8, 4) is 0 Å². The van der Waals surface area contributed by atoms with E-state index in [1.165, 1.54) is 17.5 Å². The Bertz CT molecular complexity index is 1250. The molecule has 12 heteroatoms. The van der Waals surface area contributed by atoms with E-state index in [1.54, 1.807) is 30.1 Å². The number of thiazole rings is 1. The van der Waals surface area contributed by atoms with E-state index >= 15 is 0 Å². The molecular weight excluding hydrogens is 431 g/mol. The lowest BCUT2D eigenvalue weighted by molar-refractivity contribution is -0.137. The van der Waals surface area contributed by atoms with Crippen molar-refractivity contribution < 1.29 is 18.0 Å². The van der Waals surface area contributed by atoms with Gasteiger partial charge in [0.2, 0.25) is 0 Å². The quantitative estimate of drug-likeness (QED) is 0.479. The maximum Gasteiger partial charge on any atom is 0.416 e. The number of rotatable bonds is 5. The highest BCUT2D eigenvalue weighted by Crippen LogP contribution is 2.31. The first-order valence-corrected chi connectivity index (χ1v) is 9.86. The number of aryl methyl sites for hydroxylation is 1. The Labute approximate surface area is 178 Å². The monoisotopic (exact) mass is 447 g/mol. The van der Waals surface area contributed by atoms with Gasteiger partial charge in [0, 0.05) is 24.3 Å². The van der Waals surface area contributed by atoms with Crippen LogP contribution in [0.15, 0.2) is 43.1 Å². The second-order valence-electron chi connectivity index (χ2n) is 6.73. The fourth-order valence-corrected chi connectivity index (χ4v) is 3.65. The molecule has 1 atom stereocenters. The van der Waals surface area contributed by atoms with Crippen LogP contribution in [0.3, 0.4) is 0 Å². The number of aromatic nitrogens is 5. The first kappa shape index (κ1) is 20.7. The van der Waals surface area contributed by atoms with Gasteiger partial charge in [-0.2, -0.15) is 13.2 Å². The van der Waals surface area contributed by atoms with Crippen LogP contribution in [0, 0.1) is 0 Å². The highest BCUT2D eigenvalue weighted by molar-refractivity contribution is 7.15. The summed E-state index contributed by atoms with van der Waals surface area (Å²) in [5.41, 5.74) is 0.915. The van der Waals surface area contributed by atoms with Gasteiger partial charge < -0.3 is 15.2 Å².